The first kappa shape index (κ1) is 16.0. The predicted molar refractivity (Wildman–Crippen MR) is 81.2 cm³/mol. The summed E-state index contributed by atoms with van der Waals surface area (Å²) >= 11 is 1.60. The highest BCUT2D eigenvalue weighted by atomic mass is 35.5. The molecule has 0 aliphatic carbocycles. The van der Waals surface area contributed by atoms with Crippen LogP contribution < -0.4 is 4.74 Å². The van der Waals surface area contributed by atoms with Crippen LogP contribution in [0.4, 0.5) is 0 Å². The number of carbonyl (C=O) groups excluding carboxylic acids is 1. The van der Waals surface area contributed by atoms with Crippen LogP contribution in [0.2, 0.25) is 0 Å². The van der Waals surface area contributed by atoms with E-state index >= 15 is 0 Å². The van der Waals surface area contributed by atoms with E-state index in [2.05, 4.69) is 0 Å². The second-order valence-corrected chi connectivity index (χ2v) is 6.03. The molecule has 5 nitrogen and oxygen atoms in total. The highest BCUT2D eigenvalue weighted by Crippen LogP contribution is 2.35. The van der Waals surface area contributed by atoms with Gasteiger partial charge in [-0.05, 0) is 18.6 Å². The number of ether oxygens (including phenoxy) is 1. The number of halogens is 1. The van der Waals surface area contributed by atoms with Gasteiger partial charge in [0.15, 0.2) is 6.10 Å². The number of benzene rings is 1. The van der Waals surface area contributed by atoms with Crippen molar-refractivity contribution in [3.05, 3.63) is 24.3 Å². The fourth-order valence-corrected chi connectivity index (χ4v) is 3.48. The molecule has 0 saturated carbocycles. The van der Waals surface area contributed by atoms with Gasteiger partial charge in [0.25, 0.3) is 5.91 Å². The van der Waals surface area contributed by atoms with E-state index in [9.17, 15) is 9.59 Å². The van der Waals surface area contributed by atoms with Crippen molar-refractivity contribution in [2.75, 3.05) is 18.8 Å². The van der Waals surface area contributed by atoms with Gasteiger partial charge in [-0.3, -0.25) is 9.59 Å². The first-order valence-electron chi connectivity index (χ1n) is 6.55. The minimum Gasteiger partial charge on any atom is -0.481 e. The molecule has 1 fully saturated rings. The SMILES string of the molecule is Cl.O=C(O)C1CCN(C(=O)C2CSc3ccccc3O2)C1. The van der Waals surface area contributed by atoms with E-state index in [-0.39, 0.29) is 18.3 Å². The molecule has 1 N–H and O–H groups in total. The summed E-state index contributed by atoms with van der Waals surface area (Å²) in [5.41, 5.74) is 0. The van der Waals surface area contributed by atoms with Crippen LogP contribution in [0.15, 0.2) is 29.2 Å². The zero-order valence-electron chi connectivity index (χ0n) is 11.2. The summed E-state index contributed by atoms with van der Waals surface area (Å²) in [5, 5.41) is 8.98. The topological polar surface area (TPSA) is 66.8 Å². The van der Waals surface area contributed by atoms with E-state index in [4.69, 9.17) is 9.84 Å². The molecule has 0 radical (unpaired) electrons. The Labute approximate surface area is 133 Å². The van der Waals surface area contributed by atoms with E-state index in [1.165, 1.54) is 0 Å². The van der Waals surface area contributed by atoms with Crippen molar-refractivity contribution in [1.29, 1.82) is 0 Å². The second-order valence-electron chi connectivity index (χ2n) is 4.97. The van der Waals surface area contributed by atoms with E-state index in [1.807, 2.05) is 24.3 Å². The molecular weight excluding hydrogens is 314 g/mol. The minimum atomic E-state index is -0.829. The Morgan fingerprint density at radius 1 is 1.33 bits per heavy atom. The number of fused-ring (bicyclic) bond motifs is 1. The minimum absolute atomic E-state index is 0. The molecule has 2 unspecified atom stereocenters. The van der Waals surface area contributed by atoms with Crippen molar-refractivity contribution in [3.8, 4) is 5.75 Å². The van der Waals surface area contributed by atoms with Gasteiger partial charge in [-0.1, -0.05) is 12.1 Å². The van der Waals surface area contributed by atoms with Crippen LogP contribution >= 0.6 is 24.2 Å². The summed E-state index contributed by atoms with van der Waals surface area (Å²) in [4.78, 5) is 26.0. The second kappa shape index (κ2) is 6.58. The average Bonchev–Trinajstić information content (AvgIpc) is 2.96. The third kappa shape index (κ3) is 3.27. The van der Waals surface area contributed by atoms with Crippen LogP contribution in [-0.2, 0) is 9.59 Å². The Morgan fingerprint density at radius 3 is 2.81 bits per heavy atom. The third-order valence-electron chi connectivity index (χ3n) is 3.63. The molecule has 7 heteroatoms. The lowest BCUT2D eigenvalue weighted by atomic mass is 10.1. The molecule has 1 aromatic rings. The Hall–Kier alpha value is -1.40. The fourth-order valence-electron chi connectivity index (χ4n) is 2.51. The van der Waals surface area contributed by atoms with Gasteiger partial charge >= 0.3 is 5.97 Å². The highest BCUT2D eigenvalue weighted by Gasteiger charge is 2.36. The fraction of sp³-hybridized carbons (Fsp3) is 0.429. The molecule has 2 atom stereocenters. The number of rotatable bonds is 2. The van der Waals surface area contributed by atoms with Crippen LogP contribution in [0, 0.1) is 5.92 Å². The number of thioether (sulfide) groups is 1. The maximum Gasteiger partial charge on any atom is 0.308 e. The predicted octanol–water partition coefficient (Wildman–Crippen LogP) is 1.89. The number of hydrogen-bond acceptors (Lipinski definition) is 4. The number of likely N-dealkylation sites (tertiary alicyclic amines) is 1. The van der Waals surface area contributed by atoms with Crippen LogP contribution in [0.25, 0.3) is 0 Å². The van der Waals surface area contributed by atoms with E-state index in [0.29, 0.717) is 25.3 Å². The van der Waals surface area contributed by atoms with Gasteiger partial charge in [-0.25, -0.2) is 0 Å². The molecule has 1 aromatic carbocycles. The lowest BCUT2D eigenvalue weighted by Gasteiger charge is -2.28. The third-order valence-corrected chi connectivity index (χ3v) is 4.75. The van der Waals surface area contributed by atoms with Crippen molar-refractivity contribution in [2.45, 2.75) is 17.4 Å². The van der Waals surface area contributed by atoms with Crippen LogP contribution in [-0.4, -0.2) is 46.8 Å². The molecule has 0 aromatic heterocycles. The van der Waals surface area contributed by atoms with Crippen LogP contribution in [0.1, 0.15) is 6.42 Å². The van der Waals surface area contributed by atoms with Crippen LogP contribution in [0.3, 0.4) is 0 Å². The first-order chi connectivity index (χ1) is 9.65. The molecule has 2 aliphatic heterocycles. The van der Waals surface area contributed by atoms with Crippen molar-refractivity contribution in [2.24, 2.45) is 5.92 Å². The number of carboxylic acids is 1. The summed E-state index contributed by atoms with van der Waals surface area (Å²) in [7, 11) is 0. The Kier molecular flexibility index (Phi) is 5.00. The molecular formula is C14H16ClNO4S. The van der Waals surface area contributed by atoms with E-state index < -0.39 is 18.0 Å². The lowest BCUT2D eigenvalue weighted by Crippen LogP contribution is -2.43. The lowest BCUT2D eigenvalue weighted by molar-refractivity contribution is -0.142. The van der Waals surface area contributed by atoms with E-state index in [0.717, 1.165) is 10.6 Å². The number of nitrogens with zero attached hydrogens (tertiary/aromatic N) is 1. The molecule has 3 rings (SSSR count). The van der Waals surface area contributed by atoms with Gasteiger partial charge in [0.1, 0.15) is 5.75 Å². The van der Waals surface area contributed by atoms with Crippen LogP contribution in [0.5, 0.6) is 5.75 Å². The van der Waals surface area contributed by atoms with E-state index in [1.54, 1.807) is 16.7 Å². The maximum absolute atomic E-state index is 12.4. The zero-order chi connectivity index (χ0) is 14.1. The Balaban J connectivity index is 0.00000161. The molecule has 0 spiro atoms. The monoisotopic (exact) mass is 329 g/mol. The smallest absolute Gasteiger partial charge is 0.308 e. The number of amides is 1. The van der Waals surface area contributed by atoms with Gasteiger partial charge in [-0.2, -0.15) is 0 Å². The summed E-state index contributed by atoms with van der Waals surface area (Å²) < 4.78 is 5.74. The number of para-hydroxylation sites is 1. The summed E-state index contributed by atoms with van der Waals surface area (Å²) in [6, 6.07) is 7.64. The Morgan fingerprint density at radius 2 is 2.10 bits per heavy atom. The summed E-state index contributed by atoms with van der Waals surface area (Å²) in [6.07, 6.45) is 0.0137. The number of aliphatic carboxylic acids is 1. The van der Waals surface area contributed by atoms with Gasteiger partial charge in [0.2, 0.25) is 0 Å². The van der Waals surface area contributed by atoms with Crippen molar-refractivity contribution < 1.29 is 19.4 Å². The molecule has 114 valence electrons. The van der Waals surface area contributed by atoms with Crippen molar-refractivity contribution >= 4 is 36.0 Å². The largest absolute Gasteiger partial charge is 0.481 e. The average molecular weight is 330 g/mol. The molecule has 1 saturated heterocycles. The quantitative estimate of drug-likeness (QED) is 0.897. The number of carboxylic acid groups (broad SMARTS) is 1. The molecule has 1 amide bonds. The summed E-state index contributed by atoms with van der Waals surface area (Å²) in [5.74, 6) is -0.0664. The molecule has 0 bridgehead atoms. The maximum atomic E-state index is 12.4. The number of carbonyl (C=O) groups is 2. The molecule has 2 aliphatic rings. The zero-order valence-corrected chi connectivity index (χ0v) is 12.9. The Bertz CT molecular complexity index is 554. The van der Waals surface area contributed by atoms with Gasteiger partial charge < -0.3 is 14.7 Å². The normalized spacial score (nSPS) is 23.7. The van der Waals surface area contributed by atoms with Gasteiger partial charge in [-0.15, -0.1) is 24.2 Å². The molecule has 21 heavy (non-hydrogen) atoms. The first-order valence-corrected chi connectivity index (χ1v) is 7.54. The molecule has 2 heterocycles. The summed E-state index contributed by atoms with van der Waals surface area (Å²) in [6.45, 7) is 0.794. The highest BCUT2D eigenvalue weighted by molar-refractivity contribution is 7.99. The van der Waals surface area contributed by atoms with Crippen molar-refractivity contribution in [1.82, 2.24) is 4.90 Å². The van der Waals surface area contributed by atoms with Gasteiger partial charge in [0, 0.05) is 23.7 Å². The van der Waals surface area contributed by atoms with Crippen molar-refractivity contribution in [3.63, 3.8) is 0 Å². The number of hydrogen-bond donors (Lipinski definition) is 1. The van der Waals surface area contributed by atoms with Gasteiger partial charge in [0.05, 0.1) is 5.92 Å². The standard InChI is InChI=1S/C14H15NO4S.ClH/c16-13(15-6-5-9(7-15)14(17)18)11-8-20-12-4-2-1-3-10(12)19-11;/h1-4,9,11H,5-8H2,(H,17,18);1H.